The number of para-hydroxylation sites is 1. The quantitative estimate of drug-likeness (QED) is 0.139. The highest BCUT2D eigenvalue weighted by Crippen LogP contribution is 2.61. The van der Waals surface area contributed by atoms with Gasteiger partial charge in [0.25, 0.3) is 0 Å². The van der Waals surface area contributed by atoms with E-state index in [2.05, 4.69) is 47.2 Å². The zero-order valence-electron chi connectivity index (χ0n) is 27.1. The van der Waals surface area contributed by atoms with Gasteiger partial charge in [-0.15, -0.1) is 16.4 Å². The van der Waals surface area contributed by atoms with E-state index >= 15 is 0 Å². The number of aliphatic hydroxyl groups is 1. The van der Waals surface area contributed by atoms with Crippen molar-refractivity contribution in [2.24, 2.45) is 27.5 Å². The molecule has 0 bridgehead atoms. The van der Waals surface area contributed by atoms with Crippen molar-refractivity contribution in [2.45, 2.75) is 63.9 Å². The third-order valence-electron chi connectivity index (χ3n) is 11.5. The Labute approximate surface area is 290 Å². The number of hydrogen-bond donors (Lipinski definition) is 2. The number of aliphatic hydroxyl groups excluding tert-OH is 1. The van der Waals surface area contributed by atoms with Crippen molar-refractivity contribution < 1.29 is 10.2 Å². The smallest absolute Gasteiger partial charge is 0.215 e. The Morgan fingerprint density at radius 2 is 1.69 bits per heavy atom. The summed E-state index contributed by atoms with van der Waals surface area (Å²) in [7, 11) is 0. The fourth-order valence-electron chi connectivity index (χ4n) is 8.91. The lowest BCUT2D eigenvalue weighted by Crippen LogP contribution is -2.43. The van der Waals surface area contributed by atoms with Gasteiger partial charge in [-0.25, -0.2) is 0 Å². The summed E-state index contributed by atoms with van der Waals surface area (Å²) in [4.78, 5) is 0.757. The fourth-order valence-corrected chi connectivity index (χ4v) is 9.89. The molecule has 2 fully saturated rings. The number of phenols is 1. The normalized spacial score (nSPS) is 25.4. The molecule has 244 valence electrons. The molecule has 0 radical (unpaired) electrons. The minimum Gasteiger partial charge on any atom is -0.508 e. The SMILES string of the molecule is C[C@]12CC[C@@H]3c4cc(C/C(=N/N=c5\scc(-c6ccccc6)n5-c5ccccc5)c5ccc(Cl)cc5)c(O)cc4CC[C@H]3[C@@H]1CC[C@@H]2O. The van der Waals surface area contributed by atoms with Crippen LogP contribution in [0.5, 0.6) is 5.75 Å². The molecule has 7 heteroatoms. The number of thiazole rings is 1. The summed E-state index contributed by atoms with van der Waals surface area (Å²) in [6.45, 7) is 2.32. The number of aromatic nitrogens is 1. The molecular weight excluding hydrogens is 634 g/mol. The van der Waals surface area contributed by atoms with Gasteiger partial charge >= 0.3 is 0 Å². The Kier molecular flexibility index (Phi) is 8.36. The van der Waals surface area contributed by atoms with Crippen LogP contribution in [0.2, 0.25) is 5.02 Å². The molecule has 4 aromatic carbocycles. The number of halogens is 1. The number of aromatic hydroxyl groups is 1. The average molecular weight is 674 g/mol. The monoisotopic (exact) mass is 673 g/mol. The van der Waals surface area contributed by atoms with Gasteiger partial charge in [0.2, 0.25) is 4.80 Å². The van der Waals surface area contributed by atoms with E-state index in [1.165, 1.54) is 11.1 Å². The summed E-state index contributed by atoms with van der Waals surface area (Å²) in [5.74, 6) is 1.91. The first-order chi connectivity index (χ1) is 23.4. The van der Waals surface area contributed by atoms with Crippen LogP contribution >= 0.6 is 22.9 Å². The summed E-state index contributed by atoms with van der Waals surface area (Å²) >= 11 is 7.86. The highest BCUT2D eigenvalue weighted by atomic mass is 35.5. The van der Waals surface area contributed by atoms with Crippen LogP contribution in [-0.2, 0) is 12.8 Å². The first-order valence-electron chi connectivity index (χ1n) is 17.1. The van der Waals surface area contributed by atoms with Gasteiger partial charge in [-0.1, -0.05) is 85.3 Å². The maximum absolute atomic E-state index is 11.4. The minimum absolute atomic E-state index is 0.0348. The molecule has 2 saturated carbocycles. The Bertz CT molecular complexity index is 2040. The molecular formula is C41H40ClN3O2S. The Hall–Kier alpha value is -3.97. The Balaban J connectivity index is 1.20. The van der Waals surface area contributed by atoms with Crippen molar-refractivity contribution in [1.82, 2.24) is 4.57 Å². The van der Waals surface area contributed by atoms with Crippen molar-refractivity contribution in [2.75, 3.05) is 0 Å². The molecule has 1 heterocycles. The summed E-state index contributed by atoms with van der Waals surface area (Å²) < 4.78 is 2.15. The molecule has 0 spiro atoms. The molecule has 1 aromatic heterocycles. The highest BCUT2D eigenvalue weighted by molar-refractivity contribution is 7.07. The van der Waals surface area contributed by atoms with E-state index in [-0.39, 0.29) is 11.5 Å². The van der Waals surface area contributed by atoms with Gasteiger partial charge in [-0.05, 0) is 114 Å². The molecule has 5 nitrogen and oxygen atoms in total. The summed E-state index contributed by atoms with van der Waals surface area (Å²) in [5, 5.41) is 34.9. The van der Waals surface area contributed by atoms with Crippen LogP contribution < -0.4 is 4.80 Å². The molecule has 3 aliphatic carbocycles. The summed E-state index contributed by atoms with van der Waals surface area (Å²) in [6, 6.07) is 32.6. The van der Waals surface area contributed by atoms with Gasteiger partial charge in [-0.2, -0.15) is 5.10 Å². The van der Waals surface area contributed by atoms with Gasteiger partial charge < -0.3 is 10.2 Å². The molecule has 0 aliphatic heterocycles. The molecule has 0 saturated heterocycles. The molecule has 5 aromatic rings. The van der Waals surface area contributed by atoms with Crippen LogP contribution in [0.3, 0.4) is 0 Å². The number of rotatable bonds is 6. The lowest BCUT2D eigenvalue weighted by Gasteiger charge is -2.50. The molecule has 0 amide bonds. The van der Waals surface area contributed by atoms with Crippen LogP contribution in [0.25, 0.3) is 16.9 Å². The second-order valence-corrected chi connectivity index (χ2v) is 15.3. The minimum atomic E-state index is -0.185. The van der Waals surface area contributed by atoms with E-state index in [1.807, 2.05) is 66.7 Å². The van der Waals surface area contributed by atoms with Crippen LogP contribution in [0.15, 0.2) is 113 Å². The van der Waals surface area contributed by atoms with Gasteiger partial charge in [-0.3, -0.25) is 4.57 Å². The molecule has 8 rings (SSSR count). The third kappa shape index (κ3) is 5.64. The topological polar surface area (TPSA) is 70.1 Å². The fraction of sp³-hybridized carbons (Fsp3) is 0.317. The van der Waals surface area contributed by atoms with Crippen LogP contribution in [0.4, 0.5) is 0 Å². The summed E-state index contributed by atoms with van der Waals surface area (Å²) in [6.07, 6.45) is 6.53. The lowest BCUT2D eigenvalue weighted by atomic mass is 9.55. The van der Waals surface area contributed by atoms with E-state index in [1.54, 1.807) is 11.3 Å². The zero-order chi connectivity index (χ0) is 32.8. The number of benzene rings is 4. The van der Waals surface area contributed by atoms with E-state index in [0.717, 1.165) is 77.1 Å². The third-order valence-corrected chi connectivity index (χ3v) is 12.5. The first-order valence-corrected chi connectivity index (χ1v) is 18.4. The molecule has 5 atom stereocenters. The predicted molar refractivity (Wildman–Crippen MR) is 195 cm³/mol. The van der Waals surface area contributed by atoms with Crippen LogP contribution in [0.1, 0.15) is 67.2 Å². The van der Waals surface area contributed by atoms with Crippen molar-refractivity contribution in [3.63, 3.8) is 0 Å². The zero-order valence-corrected chi connectivity index (χ0v) is 28.7. The maximum atomic E-state index is 11.4. The standard InChI is InChI=1S/C41H40ClN3O2S/c1-41-21-20-32-33(35(41)18-19-39(41)47)17-14-28-24-38(46)29(22-34(28)32)23-36(26-12-15-30(42)16-13-26)43-44-40-45(31-10-6-3-7-11-31)37(25-48-40)27-8-4-2-5-9-27/h2-13,15-16,22,24-25,32-33,35,39,46-47H,14,17-21,23H2,1H3/b43-36-,44-40-/t32-,33+,35-,39-,41-/m0/s1. The number of fused-ring (bicyclic) bond motifs is 5. The summed E-state index contributed by atoms with van der Waals surface area (Å²) in [5.41, 5.74) is 8.39. The van der Waals surface area contributed by atoms with Crippen molar-refractivity contribution in [3.8, 4) is 22.7 Å². The van der Waals surface area contributed by atoms with Gasteiger partial charge in [0.15, 0.2) is 0 Å². The second kappa shape index (κ2) is 12.8. The molecule has 2 N–H and O–H groups in total. The number of aryl methyl sites for hydroxylation is 1. The average Bonchev–Trinajstić information content (AvgIpc) is 3.68. The Morgan fingerprint density at radius 1 is 0.938 bits per heavy atom. The van der Waals surface area contributed by atoms with E-state index < -0.39 is 0 Å². The van der Waals surface area contributed by atoms with E-state index in [0.29, 0.717) is 34.9 Å². The second-order valence-electron chi connectivity index (χ2n) is 14.0. The van der Waals surface area contributed by atoms with Crippen molar-refractivity contribution in [1.29, 1.82) is 0 Å². The van der Waals surface area contributed by atoms with E-state index in [9.17, 15) is 10.2 Å². The molecule has 3 aliphatic rings. The predicted octanol–water partition coefficient (Wildman–Crippen LogP) is 9.33. The number of nitrogens with zero attached hydrogens (tertiary/aromatic N) is 3. The lowest BCUT2D eigenvalue weighted by molar-refractivity contribution is -0.0226. The van der Waals surface area contributed by atoms with Crippen LogP contribution in [-0.4, -0.2) is 26.6 Å². The van der Waals surface area contributed by atoms with Gasteiger partial charge in [0, 0.05) is 28.1 Å². The Morgan fingerprint density at radius 3 is 2.46 bits per heavy atom. The van der Waals surface area contributed by atoms with Crippen LogP contribution in [0, 0.1) is 17.3 Å². The van der Waals surface area contributed by atoms with Gasteiger partial charge in [0.1, 0.15) is 5.75 Å². The maximum Gasteiger partial charge on any atom is 0.215 e. The number of hydrogen-bond acceptors (Lipinski definition) is 5. The van der Waals surface area contributed by atoms with Crippen molar-refractivity contribution >= 4 is 28.6 Å². The van der Waals surface area contributed by atoms with Gasteiger partial charge in [0.05, 0.1) is 17.5 Å². The number of phenolic OH excluding ortho intramolecular Hbond substituents is 1. The largest absolute Gasteiger partial charge is 0.508 e. The highest BCUT2D eigenvalue weighted by Gasteiger charge is 2.54. The molecule has 48 heavy (non-hydrogen) atoms. The first kappa shape index (κ1) is 31.3. The van der Waals surface area contributed by atoms with Crippen molar-refractivity contribution in [3.05, 3.63) is 135 Å². The molecule has 0 unspecified atom stereocenters. The van der Waals surface area contributed by atoms with E-state index in [4.69, 9.17) is 21.8 Å².